The highest BCUT2D eigenvalue weighted by Gasteiger charge is 2.15. The van der Waals surface area contributed by atoms with Gasteiger partial charge in [0.2, 0.25) is 5.91 Å². The summed E-state index contributed by atoms with van der Waals surface area (Å²) in [5, 5.41) is 1.35. The molecule has 4 rings (SSSR count). The molecule has 140 valence electrons. The van der Waals surface area contributed by atoms with Crippen molar-refractivity contribution in [1.29, 1.82) is 0 Å². The molecule has 0 bridgehead atoms. The van der Waals surface area contributed by atoms with Crippen LogP contribution in [-0.2, 0) is 11.3 Å². The van der Waals surface area contributed by atoms with E-state index in [1.54, 1.807) is 18.0 Å². The highest BCUT2D eigenvalue weighted by atomic mass is 35.5. The van der Waals surface area contributed by atoms with Crippen molar-refractivity contribution in [3.8, 4) is 11.5 Å². The first kappa shape index (κ1) is 18.0. The molecule has 6 nitrogen and oxygen atoms in total. The van der Waals surface area contributed by atoms with Crippen molar-refractivity contribution < 1.29 is 14.3 Å². The Bertz CT molecular complexity index is 991. The van der Waals surface area contributed by atoms with Crippen molar-refractivity contribution in [2.45, 2.75) is 11.7 Å². The Hall–Kier alpha value is -2.38. The average Bonchev–Trinajstić information content (AvgIpc) is 3.08. The minimum absolute atomic E-state index is 0.0216. The number of rotatable bonds is 5. The van der Waals surface area contributed by atoms with E-state index in [1.165, 1.54) is 11.8 Å². The third-order valence-electron chi connectivity index (χ3n) is 4.21. The van der Waals surface area contributed by atoms with Crippen molar-refractivity contribution in [2.75, 3.05) is 26.0 Å². The van der Waals surface area contributed by atoms with E-state index < -0.39 is 0 Å². The van der Waals surface area contributed by atoms with Gasteiger partial charge < -0.3 is 19.4 Å². The quantitative estimate of drug-likeness (QED) is 0.657. The molecule has 0 saturated carbocycles. The summed E-state index contributed by atoms with van der Waals surface area (Å²) in [5.74, 6) is 1.80. The van der Waals surface area contributed by atoms with Crippen molar-refractivity contribution in [1.82, 2.24) is 14.9 Å². The maximum atomic E-state index is 12.5. The van der Waals surface area contributed by atoms with Crippen LogP contribution in [0.2, 0.25) is 5.02 Å². The van der Waals surface area contributed by atoms with Crippen molar-refractivity contribution in [2.24, 2.45) is 0 Å². The molecule has 1 aromatic heterocycles. The fourth-order valence-corrected chi connectivity index (χ4v) is 3.81. The van der Waals surface area contributed by atoms with Gasteiger partial charge in [0.25, 0.3) is 0 Å². The number of imidazole rings is 1. The third-order valence-corrected chi connectivity index (χ3v) is 5.30. The van der Waals surface area contributed by atoms with Gasteiger partial charge in [-0.2, -0.15) is 0 Å². The fourth-order valence-electron chi connectivity index (χ4n) is 2.82. The monoisotopic (exact) mass is 403 g/mol. The molecule has 0 fully saturated rings. The lowest BCUT2D eigenvalue weighted by molar-refractivity contribution is -0.127. The van der Waals surface area contributed by atoms with Gasteiger partial charge in [0.05, 0.1) is 16.8 Å². The van der Waals surface area contributed by atoms with Crippen LogP contribution in [0.4, 0.5) is 0 Å². The van der Waals surface area contributed by atoms with E-state index in [1.807, 2.05) is 30.3 Å². The number of carbonyl (C=O) groups excluding carboxylic acids is 1. The van der Waals surface area contributed by atoms with Gasteiger partial charge in [-0.15, -0.1) is 0 Å². The number of hydrogen-bond acceptors (Lipinski definition) is 5. The van der Waals surface area contributed by atoms with Gasteiger partial charge in [-0.25, -0.2) is 4.98 Å². The number of carbonyl (C=O) groups is 1. The van der Waals surface area contributed by atoms with Crippen molar-refractivity contribution in [3.05, 3.63) is 47.0 Å². The van der Waals surface area contributed by atoms with Crippen LogP contribution in [0.1, 0.15) is 5.56 Å². The Morgan fingerprint density at radius 3 is 2.89 bits per heavy atom. The topological polar surface area (TPSA) is 67.5 Å². The van der Waals surface area contributed by atoms with E-state index in [4.69, 9.17) is 21.1 Å². The summed E-state index contributed by atoms with van der Waals surface area (Å²) in [6.07, 6.45) is 0. The summed E-state index contributed by atoms with van der Waals surface area (Å²) in [6, 6.07) is 11.2. The maximum absolute atomic E-state index is 12.5. The third kappa shape index (κ3) is 4.14. The van der Waals surface area contributed by atoms with Crippen molar-refractivity contribution >= 4 is 40.3 Å². The zero-order valence-electron chi connectivity index (χ0n) is 14.7. The summed E-state index contributed by atoms with van der Waals surface area (Å²) < 4.78 is 11.1. The standard InChI is InChI=1S/C19H18ClN3O3S/c1-23(10-12-2-5-16-17(8-12)26-7-6-25-16)18(24)11-27-19-21-14-4-3-13(20)9-15(14)22-19/h2-5,8-9H,6-7,10-11H2,1H3,(H,21,22). The molecular formula is C19H18ClN3O3S. The molecule has 1 N–H and O–H groups in total. The summed E-state index contributed by atoms with van der Waals surface area (Å²) in [6.45, 7) is 1.62. The van der Waals surface area contributed by atoms with Crippen LogP contribution in [0, 0.1) is 0 Å². The van der Waals surface area contributed by atoms with Gasteiger partial charge in [0.1, 0.15) is 13.2 Å². The molecule has 0 radical (unpaired) electrons. The van der Waals surface area contributed by atoms with Gasteiger partial charge >= 0.3 is 0 Å². The minimum atomic E-state index is 0.0216. The van der Waals surface area contributed by atoms with E-state index in [9.17, 15) is 4.79 Å². The minimum Gasteiger partial charge on any atom is -0.486 e. The van der Waals surface area contributed by atoms with Crippen LogP contribution in [0.3, 0.4) is 0 Å². The lowest BCUT2D eigenvalue weighted by atomic mass is 10.2. The summed E-state index contributed by atoms with van der Waals surface area (Å²) in [4.78, 5) is 21.8. The second kappa shape index (κ2) is 7.70. The molecule has 0 atom stereocenters. The Morgan fingerprint density at radius 1 is 1.22 bits per heavy atom. The van der Waals surface area contributed by atoms with Gasteiger partial charge in [-0.1, -0.05) is 29.4 Å². The van der Waals surface area contributed by atoms with Crippen LogP contribution < -0.4 is 9.47 Å². The van der Waals surface area contributed by atoms with E-state index in [0.717, 1.165) is 28.1 Å². The SMILES string of the molecule is CN(Cc1ccc2c(c1)OCCO2)C(=O)CSc1nc2ccc(Cl)cc2[nH]1. The van der Waals surface area contributed by atoms with Crippen LogP contribution in [0.15, 0.2) is 41.6 Å². The smallest absolute Gasteiger partial charge is 0.233 e. The number of nitrogens with zero attached hydrogens (tertiary/aromatic N) is 2. The predicted octanol–water partition coefficient (Wildman–Crippen LogP) is 3.74. The summed E-state index contributed by atoms with van der Waals surface area (Å²) >= 11 is 7.36. The summed E-state index contributed by atoms with van der Waals surface area (Å²) in [7, 11) is 1.79. The first-order valence-electron chi connectivity index (χ1n) is 8.49. The Morgan fingerprint density at radius 2 is 2.04 bits per heavy atom. The van der Waals surface area contributed by atoms with Crippen molar-refractivity contribution in [3.63, 3.8) is 0 Å². The first-order chi connectivity index (χ1) is 13.1. The number of halogens is 1. The number of aromatic amines is 1. The number of fused-ring (bicyclic) bond motifs is 2. The zero-order chi connectivity index (χ0) is 18.8. The highest BCUT2D eigenvalue weighted by Crippen LogP contribution is 2.31. The molecule has 3 aromatic rings. The molecule has 8 heteroatoms. The molecule has 2 heterocycles. The molecule has 1 amide bonds. The Labute approximate surface area is 165 Å². The Balaban J connectivity index is 1.36. The van der Waals surface area contributed by atoms with Gasteiger partial charge in [0.15, 0.2) is 16.7 Å². The molecule has 0 aliphatic carbocycles. The number of thioether (sulfide) groups is 1. The molecule has 1 aliphatic heterocycles. The lowest BCUT2D eigenvalue weighted by Crippen LogP contribution is -2.28. The number of nitrogens with one attached hydrogen (secondary N) is 1. The van der Waals surface area contributed by atoms with E-state index in [2.05, 4.69) is 9.97 Å². The largest absolute Gasteiger partial charge is 0.486 e. The zero-order valence-corrected chi connectivity index (χ0v) is 16.3. The second-order valence-corrected chi connectivity index (χ2v) is 7.62. The molecular weight excluding hydrogens is 386 g/mol. The number of aromatic nitrogens is 2. The van der Waals surface area contributed by atoms with Crippen LogP contribution in [0.5, 0.6) is 11.5 Å². The van der Waals surface area contributed by atoms with E-state index in [0.29, 0.717) is 35.7 Å². The molecule has 2 aromatic carbocycles. The molecule has 27 heavy (non-hydrogen) atoms. The number of benzene rings is 2. The van der Waals surface area contributed by atoms with E-state index >= 15 is 0 Å². The number of H-pyrrole nitrogens is 1. The number of hydrogen-bond donors (Lipinski definition) is 1. The second-order valence-electron chi connectivity index (χ2n) is 6.22. The van der Waals surface area contributed by atoms with Crippen LogP contribution in [-0.4, -0.2) is 46.8 Å². The van der Waals surface area contributed by atoms with Crippen LogP contribution in [0.25, 0.3) is 11.0 Å². The number of amides is 1. The number of ether oxygens (including phenoxy) is 2. The first-order valence-corrected chi connectivity index (χ1v) is 9.85. The van der Waals surface area contributed by atoms with E-state index in [-0.39, 0.29) is 5.91 Å². The molecule has 0 unspecified atom stereocenters. The van der Waals surface area contributed by atoms with Crippen LogP contribution >= 0.6 is 23.4 Å². The van der Waals surface area contributed by atoms with Gasteiger partial charge in [-0.3, -0.25) is 4.79 Å². The highest BCUT2D eigenvalue weighted by molar-refractivity contribution is 7.99. The summed E-state index contributed by atoms with van der Waals surface area (Å²) in [5.41, 5.74) is 2.69. The molecule has 0 saturated heterocycles. The van der Waals surface area contributed by atoms with Gasteiger partial charge in [0, 0.05) is 18.6 Å². The van der Waals surface area contributed by atoms with Gasteiger partial charge in [-0.05, 0) is 35.9 Å². The average molecular weight is 404 g/mol. The lowest BCUT2D eigenvalue weighted by Gasteiger charge is -2.21. The predicted molar refractivity (Wildman–Crippen MR) is 106 cm³/mol. The molecule has 1 aliphatic rings. The fraction of sp³-hybridized carbons (Fsp3) is 0.263. The maximum Gasteiger partial charge on any atom is 0.233 e. The Kier molecular flexibility index (Phi) is 5.13. The normalized spacial score (nSPS) is 13.0. The molecule has 0 spiro atoms.